The Morgan fingerprint density at radius 3 is 2.77 bits per heavy atom. The minimum atomic E-state index is -3.34. The molecule has 0 bridgehead atoms. The minimum Gasteiger partial charge on any atom is -0.385 e. The summed E-state index contributed by atoms with van der Waals surface area (Å²) < 4.78 is 23.1. The van der Waals surface area contributed by atoms with E-state index in [1.165, 1.54) is 18.2 Å². The number of benzene rings is 1. The van der Waals surface area contributed by atoms with Crippen LogP contribution in [0.1, 0.15) is 13.8 Å². The fourth-order valence-electron chi connectivity index (χ4n) is 1.69. The van der Waals surface area contributed by atoms with Crippen molar-refractivity contribution in [3.05, 3.63) is 18.2 Å². The molecule has 9 heteroatoms. The summed E-state index contributed by atoms with van der Waals surface area (Å²) in [5.74, 6) is 0.0603. The van der Waals surface area contributed by atoms with Crippen LogP contribution in [0.5, 0.6) is 0 Å². The predicted molar refractivity (Wildman–Crippen MR) is 79.9 cm³/mol. The molecule has 0 aliphatic heterocycles. The Hall–Kier alpha value is -2.16. The summed E-state index contributed by atoms with van der Waals surface area (Å²) in [6.45, 7) is 4.30. The molecule has 22 heavy (non-hydrogen) atoms. The first-order valence-electron chi connectivity index (χ1n) is 6.73. The Labute approximate surface area is 128 Å². The lowest BCUT2D eigenvalue weighted by Gasteiger charge is -2.08. The van der Waals surface area contributed by atoms with Crippen molar-refractivity contribution >= 4 is 26.8 Å². The summed E-state index contributed by atoms with van der Waals surface area (Å²) in [6, 6.07) is 4.40. The van der Waals surface area contributed by atoms with Crippen LogP contribution in [0.25, 0.3) is 11.0 Å². The summed E-state index contributed by atoms with van der Waals surface area (Å²) >= 11 is 0. The van der Waals surface area contributed by atoms with Crippen LogP contribution in [0.4, 0.5) is 0 Å². The summed E-state index contributed by atoms with van der Waals surface area (Å²) in [5, 5.41) is 10.3. The van der Waals surface area contributed by atoms with Gasteiger partial charge in [-0.3, -0.25) is 4.79 Å². The molecular weight excluding hydrogens is 308 g/mol. The molecule has 2 rings (SSSR count). The molecule has 0 radical (unpaired) electrons. The number of carbonyl (C=O) groups excluding carboxylic acids is 1. The number of nitrogens with one attached hydrogen (secondary N) is 1. The number of sulfone groups is 1. The molecule has 0 spiro atoms. The molecule has 0 saturated heterocycles. The molecule has 0 aliphatic carbocycles. The zero-order valence-electron chi connectivity index (χ0n) is 12.6. The molecule has 1 N–H and O–H groups in total. The van der Waals surface area contributed by atoms with Gasteiger partial charge in [-0.25, -0.2) is 8.42 Å². The highest BCUT2D eigenvalue weighted by molar-refractivity contribution is 7.90. The van der Waals surface area contributed by atoms with Crippen molar-refractivity contribution in [2.75, 3.05) is 19.4 Å². The van der Waals surface area contributed by atoms with Crippen molar-refractivity contribution in [2.24, 2.45) is 5.92 Å². The maximum Gasteiger partial charge on any atom is 0.260 e. The Morgan fingerprint density at radius 1 is 1.41 bits per heavy atom. The minimum absolute atomic E-state index is 0.136. The Kier molecular flexibility index (Phi) is 4.65. The fourth-order valence-corrected chi connectivity index (χ4v) is 2.33. The van der Waals surface area contributed by atoms with Crippen LogP contribution in [-0.4, -0.2) is 48.9 Å². The lowest BCUT2D eigenvalue weighted by Crippen LogP contribution is -2.34. The van der Waals surface area contributed by atoms with E-state index in [-0.39, 0.29) is 17.4 Å². The van der Waals surface area contributed by atoms with E-state index in [0.717, 1.165) is 11.1 Å². The Morgan fingerprint density at radius 2 is 2.14 bits per heavy atom. The molecule has 0 unspecified atom stereocenters. The highest BCUT2D eigenvalue weighted by Crippen LogP contribution is 2.16. The van der Waals surface area contributed by atoms with Crippen LogP contribution in [-0.2, 0) is 14.6 Å². The quantitative estimate of drug-likeness (QED) is 0.803. The van der Waals surface area contributed by atoms with Crippen molar-refractivity contribution in [1.29, 1.82) is 0 Å². The number of aromatic nitrogens is 3. The van der Waals surface area contributed by atoms with E-state index in [1.807, 2.05) is 13.8 Å². The number of hydrogen-bond acceptors (Lipinski definition) is 6. The first-order chi connectivity index (χ1) is 10.3. The van der Waals surface area contributed by atoms with Gasteiger partial charge in [-0.05, 0) is 29.3 Å². The van der Waals surface area contributed by atoms with Crippen molar-refractivity contribution in [1.82, 2.24) is 20.5 Å². The number of amides is 1. The van der Waals surface area contributed by atoms with Gasteiger partial charge in [0.05, 0.1) is 4.90 Å². The van der Waals surface area contributed by atoms with Crippen molar-refractivity contribution in [3.8, 4) is 0 Å². The van der Waals surface area contributed by atoms with Crippen LogP contribution in [0.15, 0.2) is 23.1 Å². The van der Waals surface area contributed by atoms with E-state index >= 15 is 0 Å². The summed E-state index contributed by atoms with van der Waals surface area (Å²) in [6.07, 6.45) is 1.11. The SMILES string of the molecule is CC(C)CNC(=O)COn1nnc2ccc(S(C)(=O)=O)cc21. The Bertz CT molecular complexity index is 782. The molecular formula is C13H18N4O4S. The number of hydrogen-bond donors (Lipinski definition) is 1. The molecule has 1 aromatic heterocycles. The molecule has 1 amide bonds. The summed E-state index contributed by atoms with van der Waals surface area (Å²) in [4.78, 5) is 18.1. The van der Waals surface area contributed by atoms with Gasteiger partial charge in [0.15, 0.2) is 16.4 Å². The van der Waals surface area contributed by atoms with Gasteiger partial charge in [-0.15, -0.1) is 5.10 Å². The van der Waals surface area contributed by atoms with Crippen molar-refractivity contribution < 1.29 is 18.0 Å². The smallest absolute Gasteiger partial charge is 0.260 e. The van der Waals surface area contributed by atoms with E-state index in [1.54, 1.807) is 0 Å². The standard InChI is InChI=1S/C13H18N4O4S/c1-9(2)7-14-13(18)8-21-17-12-6-10(22(3,19)20)4-5-11(12)15-16-17/h4-6,9H,7-8H2,1-3H3,(H,14,18). The van der Waals surface area contributed by atoms with E-state index in [2.05, 4.69) is 15.6 Å². The van der Waals surface area contributed by atoms with E-state index < -0.39 is 9.84 Å². The van der Waals surface area contributed by atoms with Crippen LogP contribution >= 0.6 is 0 Å². The second-order valence-electron chi connectivity index (χ2n) is 5.36. The van der Waals surface area contributed by atoms with Gasteiger partial charge in [0.2, 0.25) is 0 Å². The normalized spacial score (nSPS) is 11.8. The second kappa shape index (κ2) is 6.30. The first-order valence-corrected chi connectivity index (χ1v) is 8.62. The van der Waals surface area contributed by atoms with Gasteiger partial charge in [-0.1, -0.05) is 18.7 Å². The zero-order valence-corrected chi connectivity index (χ0v) is 13.4. The van der Waals surface area contributed by atoms with Gasteiger partial charge in [0.25, 0.3) is 5.91 Å². The average molecular weight is 326 g/mol. The lowest BCUT2D eigenvalue weighted by atomic mass is 10.2. The third-order valence-corrected chi connectivity index (χ3v) is 3.95. The average Bonchev–Trinajstić information content (AvgIpc) is 2.84. The van der Waals surface area contributed by atoms with Crippen LogP contribution in [0.3, 0.4) is 0 Å². The number of fused-ring (bicyclic) bond motifs is 1. The monoisotopic (exact) mass is 326 g/mol. The van der Waals surface area contributed by atoms with Crippen molar-refractivity contribution in [2.45, 2.75) is 18.7 Å². The van der Waals surface area contributed by atoms with Gasteiger partial charge in [0, 0.05) is 12.8 Å². The molecule has 0 saturated carbocycles. The van der Waals surface area contributed by atoms with Gasteiger partial charge >= 0.3 is 0 Å². The topological polar surface area (TPSA) is 103 Å². The molecule has 2 aromatic rings. The van der Waals surface area contributed by atoms with Crippen LogP contribution in [0.2, 0.25) is 0 Å². The molecule has 8 nitrogen and oxygen atoms in total. The van der Waals surface area contributed by atoms with E-state index in [0.29, 0.717) is 23.5 Å². The van der Waals surface area contributed by atoms with Crippen LogP contribution in [0, 0.1) is 5.92 Å². The molecule has 1 heterocycles. The molecule has 120 valence electrons. The summed E-state index contributed by atoms with van der Waals surface area (Å²) in [5.41, 5.74) is 0.870. The van der Waals surface area contributed by atoms with Gasteiger partial charge in [0.1, 0.15) is 11.0 Å². The third-order valence-electron chi connectivity index (χ3n) is 2.84. The highest BCUT2D eigenvalue weighted by Gasteiger charge is 2.13. The van der Waals surface area contributed by atoms with Gasteiger partial charge in [-0.2, -0.15) is 0 Å². The number of nitrogens with zero attached hydrogens (tertiary/aromatic N) is 3. The molecule has 0 fully saturated rings. The highest BCUT2D eigenvalue weighted by atomic mass is 32.2. The third kappa shape index (κ3) is 3.94. The second-order valence-corrected chi connectivity index (χ2v) is 7.37. The predicted octanol–water partition coefficient (Wildman–Crippen LogP) is 0.0356. The maximum atomic E-state index is 11.6. The number of carbonyl (C=O) groups is 1. The number of rotatable bonds is 6. The van der Waals surface area contributed by atoms with Crippen molar-refractivity contribution in [3.63, 3.8) is 0 Å². The van der Waals surface area contributed by atoms with E-state index in [4.69, 9.17) is 4.84 Å². The fraction of sp³-hybridized carbons (Fsp3) is 0.462. The lowest BCUT2D eigenvalue weighted by molar-refractivity contribution is -0.126. The van der Waals surface area contributed by atoms with Gasteiger partial charge < -0.3 is 10.2 Å². The molecule has 0 atom stereocenters. The zero-order chi connectivity index (χ0) is 16.3. The Balaban J connectivity index is 2.13. The van der Waals surface area contributed by atoms with E-state index in [9.17, 15) is 13.2 Å². The maximum absolute atomic E-state index is 11.6. The molecule has 1 aromatic carbocycles. The summed E-state index contributed by atoms with van der Waals surface area (Å²) in [7, 11) is -3.34. The largest absolute Gasteiger partial charge is 0.385 e. The first kappa shape index (κ1) is 16.2. The van der Waals surface area contributed by atoms with Crippen LogP contribution < -0.4 is 10.2 Å². The molecule has 0 aliphatic rings.